The molecule has 19 heteroatoms. The molecule has 0 spiro atoms. The number of hydrogen-bond donors (Lipinski definition) is 3. The van der Waals surface area contributed by atoms with E-state index in [9.17, 15) is 43.2 Å². The summed E-state index contributed by atoms with van der Waals surface area (Å²) in [5, 5.41) is 10.5. The Bertz CT molecular complexity index is 1780. The van der Waals surface area contributed by atoms with Crippen LogP contribution in [0.3, 0.4) is 0 Å². The van der Waals surface area contributed by atoms with Gasteiger partial charge in [-0.1, -0.05) is 258 Å². The van der Waals surface area contributed by atoms with Crippen LogP contribution in [0, 0.1) is 11.8 Å². The first kappa shape index (κ1) is 83.5. The van der Waals surface area contributed by atoms with Crippen LogP contribution in [0.25, 0.3) is 0 Å². The van der Waals surface area contributed by atoms with E-state index in [-0.39, 0.29) is 25.7 Å². The summed E-state index contributed by atoms with van der Waals surface area (Å²) >= 11 is 0. The van der Waals surface area contributed by atoms with Crippen molar-refractivity contribution in [2.45, 2.75) is 330 Å². The number of phosphoric acid groups is 2. The zero-order valence-corrected chi connectivity index (χ0v) is 56.9. The molecule has 0 aliphatic rings. The van der Waals surface area contributed by atoms with E-state index in [4.69, 9.17) is 37.0 Å². The van der Waals surface area contributed by atoms with Crippen molar-refractivity contribution in [2.75, 3.05) is 39.6 Å². The summed E-state index contributed by atoms with van der Waals surface area (Å²) in [6, 6.07) is 0. The summed E-state index contributed by atoms with van der Waals surface area (Å²) in [7, 11) is -9.90. The molecule has 0 aromatic heterocycles. The molecule has 0 radical (unpaired) electrons. The van der Waals surface area contributed by atoms with E-state index < -0.39 is 97.5 Å². The molecule has 3 N–H and O–H groups in total. The summed E-state index contributed by atoms with van der Waals surface area (Å²) in [6.07, 6.45) is 45.4. The fourth-order valence-corrected chi connectivity index (χ4v) is 11.1. The van der Waals surface area contributed by atoms with Gasteiger partial charge in [-0.2, -0.15) is 0 Å². The van der Waals surface area contributed by atoms with Crippen LogP contribution in [0.4, 0.5) is 0 Å². The number of ether oxygens (including phenoxy) is 4. The molecule has 0 aliphatic heterocycles. The number of allylic oxidation sites excluding steroid dienone is 4. The van der Waals surface area contributed by atoms with Gasteiger partial charge in [0.25, 0.3) is 0 Å². The largest absolute Gasteiger partial charge is 0.472 e. The molecule has 86 heavy (non-hydrogen) atoms. The van der Waals surface area contributed by atoms with Gasteiger partial charge in [-0.05, 0) is 63.2 Å². The number of carbonyl (C=O) groups excluding carboxylic acids is 4. The van der Waals surface area contributed by atoms with Crippen LogP contribution in [0.2, 0.25) is 0 Å². The molecule has 506 valence electrons. The second-order valence-electron chi connectivity index (χ2n) is 24.5. The lowest BCUT2D eigenvalue weighted by atomic mass is 10.0. The molecule has 0 heterocycles. The average molecular weight is 1270 g/mol. The molecular weight excluding hydrogens is 1140 g/mol. The van der Waals surface area contributed by atoms with Crippen molar-refractivity contribution in [2.24, 2.45) is 11.8 Å². The zero-order valence-electron chi connectivity index (χ0n) is 55.1. The van der Waals surface area contributed by atoms with Crippen molar-refractivity contribution in [3.05, 3.63) is 24.3 Å². The first-order valence-electron chi connectivity index (χ1n) is 34.3. The lowest BCUT2D eigenvalue weighted by molar-refractivity contribution is -0.161. The van der Waals surface area contributed by atoms with Crippen molar-refractivity contribution in [3.63, 3.8) is 0 Å². The topological polar surface area (TPSA) is 237 Å². The molecule has 0 rings (SSSR count). The predicted octanol–water partition coefficient (Wildman–Crippen LogP) is 18.4. The van der Waals surface area contributed by atoms with Gasteiger partial charge in [0.1, 0.15) is 19.3 Å². The molecule has 0 aliphatic carbocycles. The Morgan fingerprint density at radius 2 is 0.628 bits per heavy atom. The van der Waals surface area contributed by atoms with Gasteiger partial charge in [0, 0.05) is 25.7 Å². The zero-order chi connectivity index (χ0) is 63.6. The Kier molecular flexibility index (Phi) is 57.2. The fraction of sp³-hybridized carbons (Fsp3) is 0.881. The molecule has 17 nitrogen and oxygen atoms in total. The highest BCUT2D eigenvalue weighted by Crippen LogP contribution is 2.45. The summed E-state index contributed by atoms with van der Waals surface area (Å²) in [6.45, 7) is 9.37. The third-order valence-electron chi connectivity index (χ3n) is 14.8. The van der Waals surface area contributed by atoms with Crippen LogP contribution < -0.4 is 0 Å². The van der Waals surface area contributed by atoms with Crippen LogP contribution in [0.15, 0.2) is 24.3 Å². The molecule has 0 fully saturated rings. The summed E-state index contributed by atoms with van der Waals surface area (Å²) in [5.41, 5.74) is 0. The number of esters is 4. The van der Waals surface area contributed by atoms with E-state index in [2.05, 4.69) is 65.8 Å². The Morgan fingerprint density at radius 1 is 0.360 bits per heavy atom. The highest BCUT2D eigenvalue weighted by molar-refractivity contribution is 7.47. The van der Waals surface area contributed by atoms with Crippen LogP contribution in [0.1, 0.15) is 311 Å². The van der Waals surface area contributed by atoms with Crippen molar-refractivity contribution in [3.8, 4) is 0 Å². The number of aliphatic hydroxyl groups is 1. The van der Waals surface area contributed by atoms with E-state index in [1.165, 1.54) is 103 Å². The predicted molar refractivity (Wildman–Crippen MR) is 344 cm³/mol. The summed E-state index contributed by atoms with van der Waals surface area (Å²) in [4.78, 5) is 72.2. The fourth-order valence-electron chi connectivity index (χ4n) is 9.52. The van der Waals surface area contributed by atoms with Gasteiger partial charge < -0.3 is 33.8 Å². The van der Waals surface area contributed by atoms with E-state index >= 15 is 0 Å². The number of phosphoric ester groups is 2. The highest BCUT2D eigenvalue weighted by Gasteiger charge is 2.30. The van der Waals surface area contributed by atoms with E-state index in [1.54, 1.807) is 0 Å². The normalized spacial score (nSPS) is 14.4. The monoisotopic (exact) mass is 1260 g/mol. The van der Waals surface area contributed by atoms with Gasteiger partial charge >= 0.3 is 39.5 Å². The molecular formula is C67H126O17P2. The lowest BCUT2D eigenvalue weighted by Crippen LogP contribution is -2.30. The number of carbonyl (C=O) groups is 4. The van der Waals surface area contributed by atoms with Gasteiger partial charge in [-0.25, -0.2) is 9.13 Å². The molecule has 0 aromatic carbocycles. The molecule has 5 atom stereocenters. The first-order valence-corrected chi connectivity index (χ1v) is 37.3. The minimum Gasteiger partial charge on any atom is -0.462 e. The van der Waals surface area contributed by atoms with Crippen LogP contribution in [0.5, 0.6) is 0 Å². The Labute approximate surface area is 522 Å². The van der Waals surface area contributed by atoms with Crippen molar-refractivity contribution < 1.29 is 80.2 Å². The van der Waals surface area contributed by atoms with Gasteiger partial charge in [-0.15, -0.1) is 0 Å². The van der Waals surface area contributed by atoms with Crippen molar-refractivity contribution in [1.29, 1.82) is 0 Å². The third-order valence-corrected chi connectivity index (χ3v) is 16.7. The summed E-state index contributed by atoms with van der Waals surface area (Å²) in [5.74, 6) is -0.689. The Hall–Kier alpha value is -2.46. The minimum absolute atomic E-state index is 0.0843. The van der Waals surface area contributed by atoms with Crippen LogP contribution in [-0.4, -0.2) is 96.7 Å². The molecule has 0 amide bonds. The second-order valence-corrected chi connectivity index (χ2v) is 27.4. The van der Waals surface area contributed by atoms with E-state index in [0.29, 0.717) is 25.7 Å². The average Bonchev–Trinajstić information content (AvgIpc) is 3.54. The maximum Gasteiger partial charge on any atom is 0.472 e. The van der Waals surface area contributed by atoms with Crippen LogP contribution in [-0.2, 0) is 65.4 Å². The second kappa shape index (κ2) is 58.9. The number of aliphatic hydroxyl groups excluding tert-OH is 1. The first-order chi connectivity index (χ1) is 41.4. The van der Waals surface area contributed by atoms with Gasteiger partial charge in [-0.3, -0.25) is 37.3 Å². The van der Waals surface area contributed by atoms with Gasteiger partial charge in [0.15, 0.2) is 12.2 Å². The number of unbranched alkanes of at least 4 members (excludes halogenated alkanes) is 31. The van der Waals surface area contributed by atoms with Crippen molar-refractivity contribution >= 4 is 39.5 Å². The maximum absolute atomic E-state index is 13.0. The van der Waals surface area contributed by atoms with E-state index in [1.807, 2.05) is 0 Å². The molecule has 0 saturated carbocycles. The minimum atomic E-state index is -4.96. The maximum atomic E-state index is 13.0. The quantitative estimate of drug-likeness (QED) is 0.0169. The Morgan fingerprint density at radius 3 is 0.953 bits per heavy atom. The number of hydrogen-bond acceptors (Lipinski definition) is 15. The third kappa shape index (κ3) is 60.5. The van der Waals surface area contributed by atoms with Gasteiger partial charge in [0.05, 0.1) is 26.4 Å². The SMILES string of the molecule is CCCCCC/C=C\C=C/CCCCCCCC(=O)O[C@H](COC(=O)CCCCCCCCCCCC(C)C)COP(=O)(O)OC[C@@H](O)COP(=O)(O)OC[C@@H](COC(=O)CCCCCCCCC)OC(=O)CCCCCCCCCCCC(C)C. The van der Waals surface area contributed by atoms with Gasteiger partial charge in [0.2, 0.25) is 0 Å². The lowest BCUT2D eigenvalue weighted by Gasteiger charge is -2.21. The van der Waals surface area contributed by atoms with E-state index in [0.717, 1.165) is 127 Å². The highest BCUT2D eigenvalue weighted by atomic mass is 31.2. The standard InChI is InChI=1S/C67H126O17P2/c1-7-9-11-13-15-16-17-18-19-20-21-26-33-39-45-51-66(71)84-63(56-78-65(70)50-44-38-32-27-22-24-30-35-41-47-59(3)4)58-82-86(75,76)80-54-61(68)53-79-85(73,74)81-57-62(55-77-64(69)49-43-37-29-14-12-10-8-2)83-67(72)52-46-40-34-28-23-25-31-36-42-48-60(5)6/h16-19,59-63,68H,7-15,20-58H2,1-6H3,(H,73,74)(H,75,76)/b17-16-,19-18-/t61-,62+,63+/m0/s1. The number of rotatable bonds is 64. The van der Waals surface area contributed by atoms with Crippen molar-refractivity contribution in [1.82, 2.24) is 0 Å². The summed E-state index contributed by atoms with van der Waals surface area (Å²) < 4.78 is 68.0. The molecule has 0 aromatic rings. The van der Waals surface area contributed by atoms with Crippen LogP contribution >= 0.6 is 15.6 Å². The smallest absolute Gasteiger partial charge is 0.462 e. The Balaban J connectivity index is 5.26. The molecule has 0 saturated heterocycles. The molecule has 2 unspecified atom stereocenters. The molecule has 0 bridgehead atoms.